The molecule has 1 N–H and O–H groups in total. The van der Waals surface area contributed by atoms with Crippen molar-refractivity contribution in [2.45, 2.75) is 51.0 Å². The van der Waals surface area contributed by atoms with Gasteiger partial charge in [-0.1, -0.05) is 6.42 Å². The van der Waals surface area contributed by atoms with E-state index in [-0.39, 0.29) is 23.5 Å². The molecule has 3 fully saturated rings. The number of benzene rings is 1. The summed E-state index contributed by atoms with van der Waals surface area (Å²) in [6.07, 6.45) is 4.56. The molecule has 1 saturated carbocycles. The first-order valence-corrected chi connectivity index (χ1v) is 17.3. The fourth-order valence-electron chi connectivity index (χ4n) is 6.44. The first kappa shape index (κ1) is 32.1. The molecule has 13 nitrogen and oxygen atoms in total. The van der Waals surface area contributed by atoms with E-state index >= 15 is 0 Å². The van der Waals surface area contributed by atoms with Crippen molar-refractivity contribution in [3.05, 3.63) is 47.5 Å². The molecular weight excluding hydrogens is 615 g/mol. The zero-order chi connectivity index (χ0) is 32.6. The second kappa shape index (κ2) is 13.1. The van der Waals surface area contributed by atoms with E-state index in [0.29, 0.717) is 50.2 Å². The number of rotatable bonds is 8. The van der Waals surface area contributed by atoms with Gasteiger partial charge in [0.2, 0.25) is 0 Å². The lowest BCUT2D eigenvalue weighted by molar-refractivity contribution is 0.0611. The van der Waals surface area contributed by atoms with Gasteiger partial charge in [-0.05, 0) is 62.9 Å². The summed E-state index contributed by atoms with van der Waals surface area (Å²) in [4.78, 5) is 36.7. The van der Waals surface area contributed by atoms with Gasteiger partial charge in [-0.3, -0.25) is 9.69 Å². The first-order chi connectivity index (χ1) is 22.1. The molecule has 0 atom stereocenters. The third-order valence-corrected chi connectivity index (χ3v) is 10.7. The summed E-state index contributed by atoms with van der Waals surface area (Å²) in [5.74, 6) is -0.998. The number of amides is 2. The zero-order valence-electron chi connectivity index (χ0n) is 26.5. The molecule has 2 aliphatic heterocycles. The molecule has 6 rings (SSSR count). The van der Waals surface area contributed by atoms with Gasteiger partial charge in [0.1, 0.15) is 11.5 Å². The van der Waals surface area contributed by atoms with Crippen LogP contribution in [0.15, 0.2) is 30.3 Å². The Morgan fingerprint density at radius 2 is 1.70 bits per heavy atom. The summed E-state index contributed by atoms with van der Waals surface area (Å²) in [5.41, 5.74) is 2.65. The number of nitrogens with one attached hydrogen (secondary N) is 1. The largest absolute Gasteiger partial charge is 0.450 e. The van der Waals surface area contributed by atoms with Gasteiger partial charge in [0.05, 0.1) is 29.1 Å². The van der Waals surface area contributed by atoms with Crippen LogP contribution >= 0.6 is 0 Å². The van der Waals surface area contributed by atoms with Crippen LogP contribution in [0.1, 0.15) is 61.1 Å². The summed E-state index contributed by atoms with van der Waals surface area (Å²) in [7, 11) is -1.38. The van der Waals surface area contributed by atoms with E-state index in [0.717, 1.165) is 66.3 Å². The Bertz CT molecular complexity index is 1690. The molecule has 1 aromatic carbocycles. The van der Waals surface area contributed by atoms with Crippen LogP contribution in [-0.2, 0) is 14.9 Å². The average molecular weight is 657 g/mol. The van der Waals surface area contributed by atoms with E-state index in [1.165, 1.54) is 26.2 Å². The molecule has 2 amide bonds. The maximum Gasteiger partial charge on any atom is 0.409 e. The summed E-state index contributed by atoms with van der Waals surface area (Å²) in [6.45, 7) is 6.42. The van der Waals surface area contributed by atoms with E-state index in [2.05, 4.69) is 14.5 Å². The van der Waals surface area contributed by atoms with Crippen LogP contribution in [0.3, 0.4) is 0 Å². The van der Waals surface area contributed by atoms with E-state index in [4.69, 9.17) is 14.8 Å². The minimum atomic E-state index is -4.06. The fraction of sp³-hybridized carbons (Fsp3) is 0.548. The summed E-state index contributed by atoms with van der Waals surface area (Å²) in [6, 6.07) is 7.96. The Labute approximate surface area is 268 Å². The lowest BCUT2D eigenvalue weighted by Gasteiger charge is -2.43. The average Bonchev–Trinajstić information content (AvgIpc) is 3.39. The molecule has 3 aromatic rings. The number of hydrogen-bond donors (Lipinski definition) is 1. The minimum absolute atomic E-state index is 0.0476. The normalized spacial score (nSPS) is 18.6. The summed E-state index contributed by atoms with van der Waals surface area (Å²) in [5, 5.41) is 5.82. The van der Waals surface area contributed by atoms with Crippen LogP contribution in [-0.4, -0.2) is 115 Å². The van der Waals surface area contributed by atoms with Crippen LogP contribution in [0.2, 0.25) is 0 Å². The Hall–Kier alpha value is -3.82. The molecule has 46 heavy (non-hydrogen) atoms. The van der Waals surface area contributed by atoms with Crippen molar-refractivity contribution in [2.75, 3.05) is 64.9 Å². The van der Waals surface area contributed by atoms with E-state index in [1.54, 1.807) is 27.8 Å². The minimum Gasteiger partial charge on any atom is -0.450 e. The van der Waals surface area contributed by atoms with Gasteiger partial charge in [-0.2, -0.15) is 17.8 Å². The molecule has 4 heterocycles. The molecule has 3 aliphatic rings. The van der Waals surface area contributed by atoms with Crippen molar-refractivity contribution in [1.82, 2.24) is 33.6 Å². The van der Waals surface area contributed by atoms with Crippen LogP contribution in [0.4, 0.5) is 14.9 Å². The number of pyridine rings is 1. The molecule has 0 spiro atoms. The number of aromatic nitrogens is 3. The van der Waals surface area contributed by atoms with E-state index in [1.807, 2.05) is 6.92 Å². The van der Waals surface area contributed by atoms with Crippen molar-refractivity contribution in [3.8, 4) is 5.69 Å². The predicted molar refractivity (Wildman–Crippen MR) is 171 cm³/mol. The Morgan fingerprint density at radius 3 is 2.28 bits per heavy atom. The number of anilines is 1. The molecule has 0 unspecified atom stereocenters. The van der Waals surface area contributed by atoms with Gasteiger partial charge in [-0.25, -0.2) is 23.6 Å². The quantitative estimate of drug-likeness (QED) is 0.388. The van der Waals surface area contributed by atoms with Crippen molar-refractivity contribution in [3.63, 3.8) is 0 Å². The molecule has 15 heteroatoms. The van der Waals surface area contributed by atoms with Crippen molar-refractivity contribution < 1.29 is 27.1 Å². The Balaban J connectivity index is 1.33. The summed E-state index contributed by atoms with van der Waals surface area (Å²) < 4.78 is 48.9. The highest BCUT2D eigenvalue weighted by molar-refractivity contribution is 7.87. The second-order valence-corrected chi connectivity index (χ2v) is 14.2. The number of piperazine rings is 1. The molecule has 1 aliphatic carbocycles. The number of carbonyl (C=O) groups excluding carboxylic acids is 2. The van der Waals surface area contributed by atoms with Gasteiger partial charge in [0, 0.05) is 65.3 Å². The van der Waals surface area contributed by atoms with Gasteiger partial charge in [-0.15, -0.1) is 0 Å². The molecule has 0 bridgehead atoms. The first-order valence-electron chi connectivity index (χ1n) is 15.9. The standard InChI is InChI=1S/C31H41FN8O5S/c1-4-45-31(42)39-18-16-37(17-19-39)23-12-14-38(15-13-23)26-20-25(30(41)35-46(43,44)36(2)3)33-29-27(26)28(21-6-5-7-21)34-40(29)24-10-8-22(32)9-11-24/h8-11,20-21,23H,4-7,12-19H2,1-3H3,(H,35,41). The highest BCUT2D eigenvalue weighted by Crippen LogP contribution is 2.43. The predicted octanol–water partition coefficient (Wildman–Crippen LogP) is 3.11. The van der Waals surface area contributed by atoms with E-state index < -0.39 is 16.1 Å². The topological polar surface area (TPSA) is 133 Å². The number of piperidine rings is 1. The third kappa shape index (κ3) is 6.40. The van der Waals surface area contributed by atoms with Crippen LogP contribution in [0, 0.1) is 5.82 Å². The zero-order valence-corrected chi connectivity index (χ0v) is 27.3. The van der Waals surface area contributed by atoms with Gasteiger partial charge < -0.3 is 14.5 Å². The van der Waals surface area contributed by atoms with Crippen LogP contribution in [0.25, 0.3) is 16.7 Å². The van der Waals surface area contributed by atoms with Gasteiger partial charge >= 0.3 is 16.3 Å². The fourth-order valence-corrected chi connectivity index (χ4v) is 6.96. The third-order valence-electron chi connectivity index (χ3n) is 9.30. The molecule has 2 saturated heterocycles. The van der Waals surface area contributed by atoms with Crippen molar-refractivity contribution in [2.24, 2.45) is 0 Å². The molecule has 248 valence electrons. The number of hydrogen-bond acceptors (Lipinski definition) is 9. The second-order valence-electron chi connectivity index (χ2n) is 12.3. The maximum absolute atomic E-state index is 13.9. The van der Waals surface area contributed by atoms with Gasteiger partial charge in [0.15, 0.2) is 5.65 Å². The number of carbonyl (C=O) groups is 2. The number of ether oxygens (including phenoxy) is 1. The van der Waals surface area contributed by atoms with Crippen LogP contribution in [0.5, 0.6) is 0 Å². The highest BCUT2D eigenvalue weighted by atomic mass is 32.2. The van der Waals surface area contributed by atoms with E-state index in [9.17, 15) is 22.4 Å². The molecule has 0 radical (unpaired) electrons. The molecule has 2 aromatic heterocycles. The van der Waals surface area contributed by atoms with Crippen molar-refractivity contribution >= 4 is 38.9 Å². The Kier molecular flexibility index (Phi) is 9.17. The maximum atomic E-state index is 13.9. The smallest absolute Gasteiger partial charge is 0.409 e. The number of nitrogens with zero attached hydrogens (tertiary/aromatic N) is 7. The SMILES string of the molecule is CCOC(=O)N1CCN(C2CCN(c3cc(C(=O)NS(=O)(=O)N(C)C)nc4c3c(C3CCC3)nn4-c3ccc(F)cc3)CC2)CC1. The highest BCUT2D eigenvalue weighted by Gasteiger charge is 2.34. The number of fused-ring (bicyclic) bond motifs is 1. The summed E-state index contributed by atoms with van der Waals surface area (Å²) >= 11 is 0. The lowest BCUT2D eigenvalue weighted by Crippen LogP contribution is -2.54. The lowest BCUT2D eigenvalue weighted by atomic mass is 9.82. The Morgan fingerprint density at radius 1 is 1.02 bits per heavy atom. The van der Waals surface area contributed by atoms with Gasteiger partial charge in [0.25, 0.3) is 5.91 Å². The van der Waals surface area contributed by atoms with Crippen LogP contribution < -0.4 is 9.62 Å². The van der Waals surface area contributed by atoms with Crippen molar-refractivity contribution in [1.29, 1.82) is 0 Å². The molecular formula is C31H41FN8O5S. The monoisotopic (exact) mass is 656 g/mol. The number of halogens is 1.